The van der Waals surface area contributed by atoms with Crippen LogP contribution in [0.15, 0.2) is 72.9 Å². The third-order valence-corrected chi connectivity index (χ3v) is 10.0. The highest BCUT2D eigenvalue weighted by atomic mass is 32.2. The summed E-state index contributed by atoms with van der Waals surface area (Å²) in [5, 5.41) is 30.8. The van der Waals surface area contributed by atoms with Gasteiger partial charge in [-0.1, -0.05) is 125 Å². The summed E-state index contributed by atoms with van der Waals surface area (Å²) in [6.45, 7) is 3.48. The molecule has 0 amide bonds. The van der Waals surface area contributed by atoms with E-state index >= 15 is 0 Å². The SMILES string of the molecule is CC/C=C\C/C=C\C/C=C\CCCCCCCC(=O)OCC(COC1OC(CS(=O)(=O)O)C(O)C(O)C1O)OC(=O)CCCCCCC/C=C\C/C=C\C/C=C\CC. The summed E-state index contributed by atoms with van der Waals surface area (Å²) in [7, 11) is -4.61. The summed E-state index contributed by atoms with van der Waals surface area (Å²) in [6.07, 6.45) is 33.8. The maximum atomic E-state index is 12.8. The second-order valence-corrected chi connectivity index (χ2v) is 16.1. The Hall–Kier alpha value is -2.91. The Labute approximate surface area is 348 Å². The van der Waals surface area contributed by atoms with Crippen LogP contribution in [-0.4, -0.2) is 96.0 Å². The summed E-state index contributed by atoms with van der Waals surface area (Å²) >= 11 is 0. The van der Waals surface area contributed by atoms with Crippen LogP contribution in [0.5, 0.6) is 0 Å². The monoisotopic (exact) mass is 838 g/mol. The number of carbonyl (C=O) groups is 2. The van der Waals surface area contributed by atoms with E-state index in [1.54, 1.807) is 0 Å². The first kappa shape index (κ1) is 53.1. The van der Waals surface area contributed by atoms with Gasteiger partial charge in [-0.25, -0.2) is 0 Å². The van der Waals surface area contributed by atoms with Crippen molar-refractivity contribution < 1.29 is 56.8 Å². The van der Waals surface area contributed by atoms with E-state index in [1.165, 1.54) is 0 Å². The van der Waals surface area contributed by atoms with Gasteiger partial charge in [-0.3, -0.25) is 14.1 Å². The van der Waals surface area contributed by atoms with E-state index in [9.17, 15) is 37.9 Å². The van der Waals surface area contributed by atoms with Crippen molar-refractivity contribution in [1.82, 2.24) is 0 Å². The molecule has 0 spiro atoms. The van der Waals surface area contributed by atoms with Crippen LogP contribution in [0.2, 0.25) is 0 Å². The average Bonchev–Trinajstić information content (AvgIpc) is 3.18. The van der Waals surface area contributed by atoms with Gasteiger partial charge in [-0.05, 0) is 77.0 Å². The summed E-state index contributed by atoms with van der Waals surface area (Å²) in [6, 6.07) is 0. The molecule has 332 valence electrons. The molecule has 1 heterocycles. The Morgan fingerprint density at radius 1 is 0.586 bits per heavy atom. The summed E-state index contributed by atoms with van der Waals surface area (Å²) in [5.74, 6) is -2.04. The average molecular weight is 839 g/mol. The van der Waals surface area contributed by atoms with Crippen molar-refractivity contribution in [2.45, 2.75) is 179 Å². The molecule has 12 nitrogen and oxygen atoms in total. The van der Waals surface area contributed by atoms with Gasteiger partial charge in [0.1, 0.15) is 36.8 Å². The fraction of sp³-hybridized carbons (Fsp3) is 0.689. The predicted molar refractivity (Wildman–Crippen MR) is 228 cm³/mol. The van der Waals surface area contributed by atoms with Gasteiger partial charge in [0, 0.05) is 12.8 Å². The summed E-state index contributed by atoms with van der Waals surface area (Å²) < 4.78 is 54.0. The van der Waals surface area contributed by atoms with Crippen LogP contribution in [-0.2, 0) is 38.7 Å². The third-order valence-electron chi connectivity index (χ3n) is 9.28. The highest BCUT2D eigenvalue weighted by Gasteiger charge is 2.46. The van der Waals surface area contributed by atoms with Crippen molar-refractivity contribution in [2.75, 3.05) is 19.0 Å². The molecule has 6 atom stereocenters. The molecule has 1 aliphatic rings. The van der Waals surface area contributed by atoms with Gasteiger partial charge >= 0.3 is 11.9 Å². The topological polar surface area (TPSA) is 186 Å². The van der Waals surface area contributed by atoms with Crippen molar-refractivity contribution in [2.24, 2.45) is 0 Å². The Balaban J connectivity index is 2.50. The lowest BCUT2D eigenvalue weighted by Gasteiger charge is -2.40. The number of aliphatic hydroxyl groups is 3. The summed E-state index contributed by atoms with van der Waals surface area (Å²) in [5.41, 5.74) is 0. The number of allylic oxidation sites excluding steroid dienone is 12. The standard InChI is InChI=1S/C45H74O12S/c1-3-5-7-9-11-13-15-17-19-21-23-25-27-29-31-33-40(46)54-35-38(36-55-45-44(50)43(49)42(48)39(57-45)37-58(51,52)53)56-41(47)34-32-30-28-26-24-22-20-18-16-14-12-10-8-6-4-2/h5-8,11-14,17-20,38-39,42-45,48-50H,3-4,9-10,15-16,21-37H2,1-2H3,(H,51,52,53)/b7-5-,8-6-,13-11-,14-12-,19-17-,20-18-. The Kier molecular flexibility index (Phi) is 32.0. The quantitative estimate of drug-likeness (QED) is 0.0210. The first-order valence-electron chi connectivity index (χ1n) is 21.5. The van der Waals surface area contributed by atoms with E-state index in [2.05, 4.69) is 86.8 Å². The van der Waals surface area contributed by atoms with Crippen LogP contribution in [0.1, 0.15) is 142 Å². The van der Waals surface area contributed by atoms with Gasteiger partial charge < -0.3 is 34.3 Å². The second kappa shape index (κ2) is 34.9. The van der Waals surface area contributed by atoms with Crippen molar-refractivity contribution in [1.29, 1.82) is 0 Å². The predicted octanol–water partition coefficient (Wildman–Crippen LogP) is 8.33. The highest BCUT2D eigenvalue weighted by molar-refractivity contribution is 7.85. The molecule has 0 aromatic heterocycles. The number of hydrogen-bond acceptors (Lipinski definition) is 11. The number of unbranched alkanes of at least 4 members (excludes halogenated alkanes) is 10. The molecule has 0 bridgehead atoms. The first-order chi connectivity index (χ1) is 28.0. The number of ether oxygens (including phenoxy) is 4. The van der Waals surface area contributed by atoms with E-state index in [0.717, 1.165) is 103 Å². The van der Waals surface area contributed by atoms with Crippen molar-refractivity contribution in [3.05, 3.63) is 72.9 Å². The molecule has 1 aliphatic heterocycles. The van der Waals surface area contributed by atoms with Gasteiger partial charge in [-0.2, -0.15) is 8.42 Å². The Morgan fingerprint density at radius 2 is 1.03 bits per heavy atom. The molecular weight excluding hydrogens is 765 g/mol. The number of rotatable bonds is 34. The van der Waals surface area contributed by atoms with Crippen molar-refractivity contribution >= 4 is 22.1 Å². The molecule has 0 aromatic rings. The lowest BCUT2D eigenvalue weighted by atomic mass is 10.00. The maximum absolute atomic E-state index is 12.8. The van der Waals surface area contributed by atoms with Crippen molar-refractivity contribution in [3.8, 4) is 0 Å². The third kappa shape index (κ3) is 29.3. The zero-order chi connectivity index (χ0) is 42.7. The molecule has 4 N–H and O–H groups in total. The van der Waals surface area contributed by atoms with Crippen LogP contribution in [0, 0.1) is 0 Å². The number of aliphatic hydroxyl groups excluding tert-OH is 3. The molecule has 1 rings (SSSR count). The van der Waals surface area contributed by atoms with E-state index < -0.39 is 71.2 Å². The molecule has 0 radical (unpaired) electrons. The lowest BCUT2D eigenvalue weighted by Crippen LogP contribution is -2.60. The molecule has 0 aromatic carbocycles. The minimum absolute atomic E-state index is 0.137. The van der Waals surface area contributed by atoms with Crippen LogP contribution < -0.4 is 0 Å². The number of esters is 2. The molecule has 13 heteroatoms. The highest BCUT2D eigenvalue weighted by Crippen LogP contribution is 2.24. The maximum Gasteiger partial charge on any atom is 0.306 e. The van der Waals surface area contributed by atoms with Gasteiger partial charge in [0.25, 0.3) is 10.1 Å². The van der Waals surface area contributed by atoms with Crippen LogP contribution in [0.3, 0.4) is 0 Å². The zero-order valence-electron chi connectivity index (χ0n) is 35.1. The van der Waals surface area contributed by atoms with Crippen LogP contribution >= 0.6 is 0 Å². The van der Waals surface area contributed by atoms with Gasteiger partial charge in [0.05, 0.1) is 6.61 Å². The van der Waals surface area contributed by atoms with Gasteiger partial charge in [-0.15, -0.1) is 0 Å². The van der Waals surface area contributed by atoms with E-state index in [0.29, 0.717) is 12.8 Å². The molecular formula is C45H74O12S. The van der Waals surface area contributed by atoms with E-state index in [4.69, 9.17) is 18.9 Å². The van der Waals surface area contributed by atoms with Crippen molar-refractivity contribution in [3.63, 3.8) is 0 Å². The van der Waals surface area contributed by atoms with E-state index in [1.807, 2.05) is 0 Å². The summed E-state index contributed by atoms with van der Waals surface area (Å²) in [4.78, 5) is 25.4. The number of hydrogen-bond donors (Lipinski definition) is 4. The van der Waals surface area contributed by atoms with Gasteiger partial charge in [0.2, 0.25) is 0 Å². The molecule has 6 unspecified atom stereocenters. The van der Waals surface area contributed by atoms with E-state index in [-0.39, 0.29) is 19.4 Å². The Bertz CT molecular complexity index is 1350. The molecule has 0 aliphatic carbocycles. The molecule has 1 fully saturated rings. The number of carbonyl (C=O) groups excluding carboxylic acids is 2. The Morgan fingerprint density at radius 3 is 1.53 bits per heavy atom. The largest absolute Gasteiger partial charge is 0.462 e. The smallest absolute Gasteiger partial charge is 0.306 e. The van der Waals surface area contributed by atoms with Crippen LogP contribution in [0.4, 0.5) is 0 Å². The first-order valence-corrected chi connectivity index (χ1v) is 23.1. The molecule has 1 saturated heterocycles. The second-order valence-electron chi connectivity index (χ2n) is 14.6. The zero-order valence-corrected chi connectivity index (χ0v) is 35.9. The minimum atomic E-state index is -4.61. The van der Waals surface area contributed by atoms with Gasteiger partial charge in [0.15, 0.2) is 12.4 Å². The van der Waals surface area contributed by atoms with Crippen LogP contribution in [0.25, 0.3) is 0 Å². The lowest BCUT2D eigenvalue weighted by molar-refractivity contribution is -0.297. The normalized spacial score (nSPS) is 21.1. The minimum Gasteiger partial charge on any atom is -0.462 e. The molecule has 58 heavy (non-hydrogen) atoms. The fourth-order valence-corrected chi connectivity index (χ4v) is 6.69. The molecule has 0 saturated carbocycles. The fourth-order valence-electron chi connectivity index (χ4n) is 6.00.